The highest BCUT2D eigenvalue weighted by atomic mass is 19.4. The molecule has 3 aliphatic rings. The van der Waals surface area contributed by atoms with Crippen LogP contribution in [0.3, 0.4) is 0 Å². The molecule has 1 atom stereocenters. The van der Waals surface area contributed by atoms with E-state index in [-0.39, 0.29) is 23.7 Å². The normalized spacial score (nSPS) is 22.1. The van der Waals surface area contributed by atoms with Gasteiger partial charge in [-0.15, -0.1) is 0 Å². The number of methoxy groups -OCH3 is 1. The number of nitrogens with zero attached hydrogens (tertiary/aromatic N) is 3. The van der Waals surface area contributed by atoms with E-state index in [1.54, 1.807) is 19.2 Å². The molecule has 1 aromatic rings. The van der Waals surface area contributed by atoms with E-state index in [0.29, 0.717) is 57.9 Å². The van der Waals surface area contributed by atoms with E-state index < -0.39 is 22.7 Å². The smallest absolute Gasteiger partial charge is 0.383 e. The molecule has 1 N–H and O–H groups in total. The predicted octanol–water partition coefficient (Wildman–Crippen LogP) is 3.18. The SMILES string of the molecule is COCCNC(=O)C1CN(C(=O)C2CCC2)CC12CCN(c1ccc(C#N)c(C(F)(F)F)c1)CC2. The molecule has 35 heavy (non-hydrogen) atoms. The Morgan fingerprint density at radius 1 is 1.26 bits per heavy atom. The Kier molecular flexibility index (Phi) is 7.27. The molecule has 2 aliphatic heterocycles. The Hall–Kier alpha value is -2.80. The van der Waals surface area contributed by atoms with Gasteiger partial charge in [0.2, 0.25) is 11.8 Å². The lowest BCUT2D eigenvalue weighted by Crippen LogP contribution is -2.49. The molecule has 4 rings (SSSR count). The largest absolute Gasteiger partial charge is 0.417 e. The number of nitriles is 1. The Morgan fingerprint density at radius 2 is 1.97 bits per heavy atom. The van der Waals surface area contributed by atoms with Gasteiger partial charge in [-0.05, 0) is 43.9 Å². The van der Waals surface area contributed by atoms with Crippen molar-refractivity contribution in [2.24, 2.45) is 17.3 Å². The number of hydrogen-bond acceptors (Lipinski definition) is 5. The molecule has 0 aromatic heterocycles. The third kappa shape index (κ3) is 5.10. The number of rotatable bonds is 6. The molecule has 190 valence electrons. The number of hydrogen-bond donors (Lipinski definition) is 1. The summed E-state index contributed by atoms with van der Waals surface area (Å²) in [4.78, 5) is 29.8. The number of halogens is 3. The molecule has 1 unspecified atom stereocenters. The fourth-order valence-corrected chi connectivity index (χ4v) is 5.59. The van der Waals surface area contributed by atoms with Gasteiger partial charge in [-0.3, -0.25) is 9.59 Å². The van der Waals surface area contributed by atoms with Crippen molar-refractivity contribution in [1.82, 2.24) is 10.2 Å². The molecule has 1 aliphatic carbocycles. The summed E-state index contributed by atoms with van der Waals surface area (Å²) < 4.78 is 45.4. The second kappa shape index (κ2) is 10.1. The second-order valence-electron chi connectivity index (χ2n) is 9.87. The minimum Gasteiger partial charge on any atom is -0.383 e. The van der Waals surface area contributed by atoms with E-state index >= 15 is 0 Å². The zero-order valence-corrected chi connectivity index (χ0v) is 19.9. The van der Waals surface area contributed by atoms with Crippen LogP contribution in [-0.2, 0) is 20.5 Å². The van der Waals surface area contributed by atoms with Crippen molar-refractivity contribution in [3.8, 4) is 6.07 Å². The Labute approximate surface area is 203 Å². The third-order valence-electron chi connectivity index (χ3n) is 7.89. The molecular formula is C25H31F3N4O3. The number of nitrogens with one attached hydrogen (secondary N) is 1. The van der Waals surface area contributed by atoms with Crippen LogP contribution in [0, 0.1) is 28.6 Å². The van der Waals surface area contributed by atoms with Crippen LogP contribution in [0.2, 0.25) is 0 Å². The van der Waals surface area contributed by atoms with Crippen molar-refractivity contribution in [3.05, 3.63) is 29.3 Å². The van der Waals surface area contributed by atoms with Crippen molar-refractivity contribution in [2.75, 3.05) is 51.3 Å². The van der Waals surface area contributed by atoms with E-state index in [4.69, 9.17) is 10.00 Å². The van der Waals surface area contributed by atoms with Crippen molar-refractivity contribution in [3.63, 3.8) is 0 Å². The number of benzene rings is 1. The van der Waals surface area contributed by atoms with Crippen LogP contribution in [0.25, 0.3) is 0 Å². The molecule has 1 spiro atoms. The summed E-state index contributed by atoms with van der Waals surface area (Å²) >= 11 is 0. The molecule has 0 bridgehead atoms. The molecule has 1 aromatic carbocycles. The van der Waals surface area contributed by atoms with Crippen molar-refractivity contribution < 1.29 is 27.5 Å². The van der Waals surface area contributed by atoms with Gasteiger partial charge in [-0.1, -0.05) is 6.42 Å². The highest BCUT2D eigenvalue weighted by Crippen LogP contribution is 2.47. The summed E-state index contributed by atoms with van der Waals surface area (Å²) in [7, 11) is 1.56. The van der Waals surface area contributed by atoms with Crippen LogP contribution in [0.15, 0.2) is 18.2 Å². The highest BCUT2D eigenvalue weighted by molar-refractivity contribution is 5.84. The summed E-state index contributed by atoms with van der Waals surface area (Å²) in [5.41, 5.74) is -1.34. The van der Waals surface area contributed by atoms with Crippen LogP contribution < -0.4 is 10.2 Å². The van der Waals surface area contributed by atoms with Crippen LogP contribution in [0.4, 0.5) is 18.9 Å². The topological polar surface area (TPSA) is 85.7 Å². The van der Waals surface area contributed by atoms with Gasteiger partial charge in [0.25, 0.3) is 0 Å². The third-order valence-corrected chi connectivity index (χ3v) is 7.89. The zero-order chi connectivity index (χ0) is 25.2. The Balaban J connectivity index is 1.51. The quantitative estimate of drug-likeness (QED) is 0.617. The molecule has 3 fully saturated rings. The first kappa shape index (κ1) is 25.3. The summed E-state index contributed by atoms with van der Waals surface area (Å²) in [5.74, 6) is -0.302. The van der Waals surface area contributed by atoms with Gasteiger partial charge in [0.15, 0.2) is 0 Å². The maximum Gasteiger partial charge on any atom is 0.417 e. The summed E-state index contributed by atoms with van der Waals surface area (Å²) in [6.45, 7) is 2.59. The first-order chi connectivity index (χ1) is 16.7. The molecule has 7 nitrogen and oxygen atoms in total. The van der Waals surface area contributed by atoms with Gasteiger partial charge < -0.3 is 19.9 Å². The molecule has 2 heterocycles. The fraction of sp³-hybridized carbons (Fsp3) is 0.640. The number of carbonyl (C=O) groups is 2. The number of piperidine rings is 1. The number of likely N-dealkylation sites (tertiary alicyclic amines) is 1. The lowest BCUT2D eigenvalue weighted by atomic mass is 9.70. The summed E-state index contributed by atoms with van der Waals surface area (Å²) in [6.07, 6.45) is -0.606. The van der Waals surface area contributed by atoms with E-state index in [1.165, 1.54) is 6.07 Å². The number of alkyl halides is 3. The Bertz CT molecular complexity index is 995. The van der Waals surface area contributed by atoms with E-state index in [1.807, 2.05) is 9.80 Å². The number of amides is 2. The fourth-order valence-electron chi connectivity index (χ4n) is 5.59. The number of carbonyl (C=O) groups excluding carboxylic acids is 2. The molecule has 2 amide bonds. The molecular weight excluding hydrogens is 461 g/mol. The van der Waals surface area contributed by atoms with Gasteiger partial charge >= 0.3 is 6.18 Å². The van der Waals surface area contributed by atoms with Crippen molar-refractivity contribution in [2.45, 2.75) is 38.3 Å². The zero-order valence-electron chi connectivity index (χ0n) is 19.9. The number of ether oxygens (including phenoxy) is 1. The lowest BCUT2D eigenvalue weighted by molar-refractivity contribution is -0.138. The molecule has 10 heteroatoms. The van der Waals surface area contributed by atoms with E-state index in [2.05, 4.69) is 5.32 Å². The predicted molar refractivity (Wildman–Crippen MR) is 122 cm³/mol. The van der Waals surface area contributed by atoms with Gasteiger partial charge in [-0.25, -0.2) is 0 Å². The van der Waals surface area contributed by atoms with Crippen molar-refractivity contribution in [1.29, 1.82) is 5.26 Å². The average Bonchev–Trinajstić information content (AvgIpc) is 3.16. The van der Waals surface area contributed by atoms with Crippen LogP contribution in [0.1, 0.15) is 43.2 Å². The van der Waals surface area contributed by atoms with E-state index in [9.17, 15) is 22.8 Å². The maximum atomic E-state index is 13.4. The summed E-state index contributed by atoms with van der Waals surface area (Å²) in [5, 5.41) is 12.0. The summed E-state index contributed by atoms with van der Waals surface area (Å²) in [6, 6.07) is 5.40. The van der Waals surface area contributed by atoms with Gasteiger partial charge in [-0.2, -0.15) is 18.4 Å². The van der Waals surface area contributed by atoms with Crippen LogP contribution in [0.5, 0.6) is 0 Å². The minimum atomic E-state index is -4.61. The van der Waals surface area contributed by atoms with Gasteiger partial charge in [0, 0.05) is 56.9 Å². The molecule has 0 radical (unpaired) electrons. The highest BCUT2D eigenvalue weighted by Gasteiger charge is 2.53. The minimum absolute atomic E-state index is 0.0434. The van der Waals surface area contributed by atoms with Crippen molar-refractivity contribution >= 4 is 17.5 Å². The standard InChI is InChI=1S/C25H31F3N4O3/c1-35-12-9-30-22(33)21-15-32(23(34)17-3-2-4-17)16-24(21)7-10-31(11-8-24)19-6-5-18(14-29)20(13-19)25(26,27)28/h5-6,13,17,21H,2-4,7-12,15-16H2,1H3,(H,30,33). The first-order valence-electron chi connectivity index (χ1n) is 12.1. The molecule has 1 saturated carbocycles. The second-order valence-corrected chi connectivity index (χ2v) is 9.87. The average molecular weight is 493 g/mol. The lowest BCUT2D eigenvalue weighted by Gasteiger charge is -2.43. The first-order valence-corrected chi connectivity index (χ1v) is 12.1. The van der Waals surface area contributed by atoms with Crippen LogP contribution >= 0.6 is 0 Å². The van der Waals surface area contributed by atoms with Crippen LogP contribution in [-0.4, -0.2) is 63.2 Å². The number of anilines is 1. The molecule has 2 saturated heterocycles. The van der Waals surface area contributed by atoms with Gasteiger partial charge in [0.1, 0.15) is 0 Å². The van der Waals surface area contributed by atoms with E-state index in [0.717, 1.165) is 25.3 Å². The van der Waals surface area contributed by atoms with Gasteiger partial charge in [0.05, 0.1) is 29.7 Å². The monoisotopic (exact) mass is 492 g/mol. The Morgan fingerprint density at radius 3 is 2.54 bits per heavy atom. The maximum absolute atomic E-state index is 13.4.